The van der Waals surface area contributed by atoms with Gasteiger partial charge in [0.25, 0.3) is 0 Å². The Hall–Kier alpha value is -0.950. The third kappa shape index (κ3) is 1.12. The summed E-state index contributed by atoms with van der Waals surface area (Å²) in [4.78, 5) is 8.52. The van der Waals surface area contributed by atoms with Gasteiger partial charge in [-0.3, -0.25) is 0 Å². The highest BCUT2D eigenvalue weighted by atomic mass is 31.0. The summed E-state index contributed by atoms with van der Waals surface area (Å²) >= 11 is 0. The molecule has 0 fully saturated rings. The van der Waals surface area contributed by atoms with E-state index in [2.05, 4.69) is 16.8 Å². The molecule has 2 heterocycles. The number of fused-ring (bicyclic) bond motifs is 1. The number of aromatic nitrogens is 3. The number of rotatable bonds is 1. The molecule has 56 valence electrons. The molecule has 0 atom stereocenters. The maximum absolute atomic E-state index is 4.38. The van der Waals surface area contributed by atoms with Crippen molar-refractivity contribution in [2.45, 2.75) is 13.3 Å². The van der Waals surface area contributed by atoms with Crippen molar-refractivity contribution in [1.82, 2.24) is 14.4 Å². The van der Waals surface area contributed by atoms with Crippen LogP contribution in [0.2, 0.25) is 0 Å². The Morgan fingerprint density at radius 2 is 2.55 bits per heavy atom. The third-order valence-corrected chi connectivity index (χ3v) is 2.23. The second-order valence-corrected chi connectivity index (χ2v) is 2.98. The first-order chi connectivity index (χ1) is 5.40. The van der Waals surface area contributed by atoms with Gasteiger partial charge in [0.15, 0.2) is 5.65 Å². The Kier molecular flexibility index (Phi) is 1.59. The fourth-order valence-corrected chi connectivity index (χ4v) is 1.56. The molecule has 0 saturated heterocycles. The molecule has 0 N–H and O–H groups in total. The Morgan fingerprint density at radius 3 is 3.36 bits per heavy atom. The summed E-state index contributed by atoms with van der Waals surface area (Å²) < 4.78 is 1.81. The van der Waals surface area contributed by atoms with Gasteiger partial charge in [-0.2, -0.15) is 0 Å². The van der Waals surface area contributed by atoms with Crippen LogP contribution in [0.3, 0.4) is 0 Å². The molecule has 0 aromatic carbocycles. The molecule has 2 aromatic heterocycles. The molecule has 11 heavy (non-hydrogen) atoms. The molecular weight excluding hydrogens is 157 g/mol. The average molecular weight is 165 g/mol. The average Bonchev–Trinajstić information content (AvgIpc) is 2.50. The minimum Gasteiger partial charge on any atom is -0.233 e. The lowest BCUT2D eigenvalue weighted by molar-refractivity contribution is 0.938. The first kappa shape index (κ1) is 6.74. The van der Waals surface area contributed by atoms with Crippen LogP contribution < -0.4 is 0 Å². The second kappa shape index (κ2) is 2.59. The van der Waals surface area contributed by atoms with Gasteiger partial charge in [-0.25, -0.2) is 9.50 Å². The molecule has 2 rings (SSSR count). The lowest BCUT2D eigenvalue weighted by Crippen LogP contribution is -1.92. The van der Waals surface area contributed by atoms with Crippen molar-refractivity contribution in [2.24, 2.45) is 0 Å². The molecule has 0 bridgehead atoms. The van der Waals surface area contributed by atoms with Gasteiger partial charge in [-0.1, -0.05) is 6.92 Å². The van der Waals surface area contributed by atoms with Crippen LogP contribution in [0.1, 0.15) is 12.6 Å². The fourth-order valence-electron chi connectivity index (χ4n) is 0.962. The van der Waals surface area contributed by atoms with Crippen molar-refractivity contribution in [3.05, 3.63) is 23.8 Å². The van der Waals surface area contributed by atoms with Crippen molar-refractivity contribution in [3.63, 3.8) is 0 Å². The predicted molar refractivity (Wildman–Crippen MR) is 44.9 cm³/mol. The minimum absolute atomic E-state index is 0.964. The van der Waals surface area contributed by atoms with E-state index >= 15 is 0 Å². The zero-order valence-corrected chi connectivity index (χ0v) is 7.12. The highest BCUT2D eigenvalue weighted by Crippen LogP contribution is 2.07. The summed E-state index contributed by atoms with van der Waals surface area (Å²) in [5.74, 6) is 2.00. The highest BCUT2D eigenvalue weighted by molar-refractivity contribution is 7.24. The van der Waals surface area contributed by atoms with E-state index in [1.807, 2.05) is 18.1 Å². The van der Waals surface area contributed by atoms with Gasteiger partial charge in [0.05, 0.1) is 8.35 Å². The summed E-state index contributed by atoms with van der Waals surface area (Å²) in [6.45, 7) is 2.10. The second-order valence-electron chi connectivity index (χ2n) is 2.31. The van der Waals surface area contributed by atoms with Crippen LogP contribution in [0, 0.1) is 0 Å². The largest absolute Gasteiger partial charge is 0.233 e. The van der Waals surface area contributed by atoms with Crippen LogP contribution in [-0.2, 0) is 6.42 Å². The van der Waals surface area contributed by atoms with E-state index < -0.39 is 0 Å². The molecule has 0 aliphatic rings. The molecule has 0 saturated carbocycles. The van der Waals surface area contributed by atoms with E-state index in [9.17, 15) is 0 Å². The van der Waals surface area contributed by atoms with Gasteiger partial charge < -0.3 is 0 Å². The van der Waals surface area contributed by atoms with E-state index in [-0.39, 0.29) is 0 Å². The zero-order valence-electron chi connectivity index (χ0n) is 6.23. The summed E-state index contributed by atoms with van der Waals surface area (Å²) in [5.41, 5.74) is 2.09. The molecule has 0 unspecified atom stereocenters. The van der Waals surface area contributed by atoms with Crippen LogP contribution in [0.15, 0.2) is 18.1 Å². The van der Waals surface area contributed by atoms with Crippen molar-refractivity contribution in [1.29, 1.82) is 0 Å². The van der Waals surface area contributed by atoms with Crippen molar-refractivity contribution < 1.29 is 0 Å². The normalized spacial score (nSPS) is 11.4. The Labute approximate surface area is 66.2 Å². The van der Waals surface area contributed by atoms with Crippen LogP contribution in [-0.4, -0.2) is 14.4 Å². The molecule has 0 radical (unpaired) electrons. The van der Waals surface area contributed by atoms with E-state index in [1.165, 1.54) is 0 Å². The first-order valence-electron chi connectivity index (χ1n) is 3.56. The number of hydrogen-bond acceptors (Lipinski definition) is 2. The quantitative estimate of drug-likeness (QED) is 0.645. The van der Waals surface area contributed by atoms with Crippen molar-refractivity contribution in [2.75, 3.05) is 0 Å². The minimum atomic E-state index is 0.964. The summed E-state index contributed by atoms with van der Waals surface area (Å²) in [6.07, 6.45) is 2.94. The van der Waals surface area contributed by atoms with Crippen LogP contribution in [0.25, 0.3) is 5.65 Å². The standard InChI is InChI=1S/C7H8N3P/c1-2-6-3-4-10-7(8-6)5-11-9-10/h3-5H,2H2,1H3. The van der Waals surface area contributed by atoms with E-state index in [4.69, 9.17) is 0 Å². The first-order valence-corrected chi connectivity index (χ1v) is 4.47. The van der Waals surface area contributed by atoms with Crippen LogP contribution in [0.5, 0.6) is 0 Å². The van der Waals surface area contributed by atoms with Gasteiger partial charge >= 0.3 is 0 Å². The Bertz CT molecular complexity index is 368. The number of hydrogen-bond donors (Lipinski definition) is 0. The third-order valence-electron chi connectivity index (χ3n) is 1.58. The Balaban J connectivity index is 2.67. The summed E-state index contributed by atoms with van der Waals surface area (Å²) in [5, 5.41) is 0. The SMILES string of the molecule is CCc1ccn2npcc2n1. The lowest BCUT2D eigenvalue weighted by Gasteiger charge is -1.94. The summed E-state index contributed by atoms with van der Waals surface area (Å²) in [6, 6.07) is 2.00. The predicted octanol–water partition coefficient (Wildman–Crippen LogP) is 1.87. The van der Waals surface area contributed by atoms with Crippen LogP contribution >= 0.6 is 8.35 Å². The number of aryl methyl sites for hydroxylation is 1. The topological polar surface area (TPSA) is 30.2 Å². The monoisotopic (exact) mass is 165 g/mol. The molecular formula is C7H8N3P. The molecule has 4 heteroatoms. The maximum atomic E-state index is 4.38. The lowest BCUT2D eigenvalue weighted by atomic mass is 10.3. The van der Waals surface area contributed by atoms with Gasteiger partial charge in [0.2, 0.25) is 0 Å². The highest BCUT2D eigenvalue weighted by Gasteiger charge is 1.95. The molecule has 0 aliphatic carbocycles. The van der Waals surface area contributed by atoms with Gasteiger partial charge in [-0.15, -0.1) is 4.86 Å². The molecule has 3 nitrogen and oxygen atoms in total. The zero-order chi connectivity index (χ0) is 7.68. The molecule has 0 aliphatic heterocycles. The van der Waals surface area contributed by atoms with E-state index in [0.717, 1.165) is 26.1 Å². The Morgan fingerprint density at radius 1 is 1.64 bits per heavy atom. The maximum Gasteiger partial charge on any atom is 0.160 e. The van der Waals surface area contributed by atoms with Gasteiger partial charge in [0.1, 0.15) is 0 Å². The summed E-state index contributed by atoms with van der Waals surface area (Å²) in [7, 11) is 0.984. The van der Waals surface area contributed by atoms with Gasteiger partial charge in [0, 0.05) is 17.7 Å². The molecule has 0 amide bonds. The number of nitrogens with zero attached hydrogens (tertiary/aromatic N) is 3. The van der Waals surface area contributed by atoms with Crippen molar-refractivity contribution >= 4 is 14.0 Å². The van der Waals surface area contributed by atoms with Gasteiger partial charge in [-0.05, 0) is 12.5 Å². The molecule has 0 spiro atoms. The molecule has 2 aromatic rings. The van der Waals surface area contributed by atoms with Crippen molar-refractivity contribution in [3.8, 4) is 0 Å². The van der Waals surface area contributed by atoms with E-state index in [0.29, 0.717) is 0 Å². The smallest absolute Gasteiger partial charge is 0.160 e. The fraction of sp³-hybridized carbons (Fsp3) is 0.286. The van der Waals surface area contributed by atoms with Crippen LogP contribution in [0.4, 0.5) is 0 Å². The van der Waals surface area contributed by atoms with E-state index in [1.54, 1.807) is 4.52 Å².